The Morgan fingerprint density at radius 3 is 2.12 bits per heavy atom. The topological polar surface area (TPSA) is 78.8 Å². The molecule has 0 saturated carbocycles. The average molecular weight is 151 g/mol. The van der Waals surface area contributed by atoms with Crippen molar-refractivity contribution in [3.8, 4) is 0 Å². The summed E-state index contributed by atoms with van der Waals surface area (Å²) >= 11 is 0. The summed E-state index contributed by atoms with van der Waals surface area (Å²) in [5.74, 6) is 0. The third-order valence-electron chi connectivity index (χ3n) is 0.210. The maximum absolute atomic E-state index is 9.64. The fourth-order valence-corrected chi connectivity index (χ4v) is 0.357. The summed E-state index contributed by atoms with van der Waals surface area (Å²) in [5.41, 5.74) is 1.84. The van der Waals surface area contributed by atoms with E-state index in [2.05, 4.69) is 4.62 Å². The van der Waals surface area contributed by atoms with Gasteiger partial charge in [-0.1, -0.05) is 0 Å². The summed E-state index contributed by atoms with van der Waals surface area (Å²) in [6.45, 7) is 0. The van der Waals surface area contributed by atoms with Gasteiger partial charge in [-0.15, -0.1) is 0 Å². The monoisotopic (exact) mass is 151 g/mol. The van der Waals surface area contributed by atoms with Crippen LogP contribution in [-0.2, 0) is 9.19 Å². The predicted molar refractivity (Wildman–Crippen MR) is 23.3 cm³/mol. The number of rotatable bonds is 2. The first-order valence-corrected chi connectivity index (χ1v) is 3.00. The van der Waals surface area contributed by atoms with Crippen LogP contribution in [0.5, 0.6) is 0 Å². The molecule has 0 aromatic carbocycles. The van der Waals surface area contributed by atoms with Crippen molar-refractivity contribution < 1.29 is 50.0 Å². The fraction of sp³-hybridized carbons (Fsp3) is 1.00. The third kappa shape index (κ3) is 10.1. The minimum atomic E-state index is -4.28. The largest absolute Gasteiger partial charge is 1.00 e. The van der Waals surface area contributed by atoms with Gasteiger partial charge in [0.25, 0.3) is 0 Å². The molecule has 0 aromatic heterocycles. The summed E-state index contributed by atoms with van der Waals surface area (Å²) in [6, 6.07) is 0. The first-order chi connectivity index (χ1) is 3.06. The smallest absolute Gasteiger partial charge is 1.00 e. The summed E-state index contributed by atoms with van der Waals surface area (Å²) in [4.78, 5) is 15.7. The van der Waals surface area contributed by atoms with Crippen LogP contribution in [-0.4, -0.2) is 16.8 Å². The Labute approximate surface area is 70.4 Å². The van der Waals surface area contributed by atoms with Crippen LogP contribution in [0.1, 0.15) is 1.43 Å². The van der Waals surface area contributed by atoms with Crippen LogP contribution in [0.4, 0.5) is 0 Å². The Hall–Kier alpha value is 1.07. The number of hydrogen-bond donors (Lipinski definition) is 3. The summed E-state index contributed by atoms with van der Waals surface area (Å²) in [5, 5.41) is 0. The van der Waals surface area contributed by atoms with Crippen LogP contribution < -0.4 is 35.0 Å². The van der Waals surface area contributed by atoms with Crippen molar-refractivity contribution in [1.29, 1.82) is 0 Å². The Morgan fingerprint density at radius 2 is 2.12 bits per heavy atom. The van der Waals surface area contributed by atoms with E-state index in [9.17, 15) is 4.57 Å². The van der Waals surface area contributed by atoms with Gasteiger partial charge in [-0.3, -0.25) is 0 Å². The molecule has 0 heterocycles. The number of nitrogens with one attached hydrogen (secondary N) is 1. The van der Waals surface area contributed by atoms with E-state index in [-0.39, 0.29) is 31.0 Å². The second kappa shape index (κ2) is 4.90. The molecule has 0 aromatic rings. The third-order valence-corrected chi connectivity index (χ3v) is 0.631. The van der Waals surface area contributed by atoms with Gasteiger partial charge in [0.2, 0.25) is 0 Å². The molecule has 0 aliphatic heterocycles. The van der Waals surface area contributed by atoms with Crippen molar-refractivity contribution in [2.24, 2.45) is 0 Å². The molecular formula is CH7NNaO4P. The van der Waals surface area contributed by atoms with Crippen molar-refractivity contribution in [2.75, 3.05) is 7.05 Å². The van der Waals surface area contributed by atoms with Crippen LogP contribution in [0.25, 0.3) is 0 Å². The summed E-state index contributed by atoms with van der Waals surface area (Å²) < 4.78 is 13.3. The predicted octanol–water partition coefficient (Wildman–Crippen LogP) is -3.65. The molecule has 0 bridgehead atoms. The average Bonchev–Trinajstić information content (AvgIpc) is 1.30. The summed E-state index contributed by atoms with van der Waals surface area (Å²) in [7, 11) is -3.01. The molecular weight excluding hydrogens is 144 g/mol. The summed E-state index contributed by atoms with van der Waals surface area (Å²) in [6.07, 6.45) is 0. The van der Waals surface area contributed by atoms with Crippen LogP contribution in [0, 0.1) is 0 Å². The molecule has 8 heavy (non-hydrogen) atoms. The van der Waals surface area contributed by atoms with Gasteiger partial charge < -0.3 is 11.2 Å². The maximum Gasteiger partial charge on any atom is 1.00 e. The van der Waals surface area contributed by atoms with Gasteiger partial charge >= 0.3 is 37.4 Å². The number of phosphoric acid groups is 1. The van der Waals surface area contributed by atoms with Gasteiger partial charge in [0, 0.05) is 7.05 Å². The number of hydroxylamine groups is 1. The zero-order valence-electron chi connectivity index (χ0n) is 5.66. The van der Waals surface area contributed by atoms with E-state index in [1.807, 2.05) is 5.48 Å². The van der Waals surface area contributed by atoms with Crippen LogP contribution in [0.15, 0.2) is 0 Å². The van der Waals surface area contributed by atoms with Gasteiger partial charge in [0.05, 0.1) is 0 Å². The standard InChI is InChI=1S/CH6NO4P.Na.H/c1-2-6-7(3,4)5;;/h2H,1H3,(H2,3,4,5);;/q;+1;-1. The SMILES string of the molecule is CNOP(=O)(O)O.[H-].[Na+]. The first kappa shape index (κ1) is 11.8. The second-order valence-electron chi connectivity index (χ2n) is 0.786. The van der Waals surface area contributed by atoms with E-state index in [0.29, 0.717) is 0 Å². The van der Waals surface area contributed by atoms with Gasteiger partial charge in [0.1, 0.15) is 0 Å². The quantitative estimate of drug-likeness (QED) is 0.215. The van der Waals surface area contributed by atoms with E-state index < -0.39 is 7.82 Å². The molecule has 0 fully saturated rings. The fourth-order valence-electron chi connectivity index (χ4n) is 0.119. The van der Waals surface area contributed by atoms with Gasteiger partial charge in [-0.05, 0) is 0 Å². The maximum atomic E-state index is 9.64. The van der Waals surface area contributed by atoms with E-state index in [4.69, 9.17) is 9.79 Å². The minimum absolute atomic E-state index is 0. The molecule has 0 unspecified atom stereocenters. The Bertz CT molecular complexity index is 94.6. The molecule has 7 heteroatoms. The van der Waals surface area contributed by atoms with Crippen molar-refractivity contribution in [3.05, 3.63) is 0 Å². The molecule has 5 nitrogen and oxygen atoms in total. The van der Waals surface area contributed by atoms with E-state index in [0.717, 1.165) is 0 Å². The molecule has 0 rings (SSSR count). The van der Waals surface area contributed by atoms with Crippen LogP contribution >= 0.6 is 7.82 Å². The minimum Gasteiger partial charge on any atom is -1.00 e. The Morgan fingerprint density at radius 1 is 1.75 bits per heavy atom. The zero-order chi connectivity index (χ0) is 5.91. The zero-order valence-corrected chi connectivity index (χ0v) is 7.55. The van der Waals surface area contributed by atoms with Gasteiger partial charge in [-0.25, -0.2) is 4.57 Å². The van der Waals surface area contributed by atoms with Gasteiger partial charge in [-0.2, -0.15) is 10.1 Å². The first-order valence-electron chi connectivity index (χ1n) is 1.47. The van der Waals surface area contributed by atoms with Crippen LogP contribution in [0.2, 0.25) is 0 Å². The molecule has 3 N–H and O–H groups in total. The van der Waals surface area contributed by atoms with Crippen LogP contribution in [0.3, 0.4) is 0 Å². The molecule has 0 amide bonds. The van der Waals surface area contributed by atoms with E-state index in [1.54, 1.807) is 0 Å². The molecule has 0 atom stereocenters. The normalized spacial score (nSPS) is 10.4. The molecule has 46 valence electrons. The molecule has 0 aliphatic rings. The number of hydrogen-bond acceptors (Lipinski definition) is 3. The molecule has 0 saturated heterocycles. The molecule has 0 radical (unpaired) electrons. The van der Waals surface area contributed by atoms with Gasteiger partial charge in [0.15, 0.2) is 0 Å². The Kier molecular flexibility index (Phi) is 7.24. The van der Waals surface area contributed by atoms with Crippen molar-refractivity contribution in [2.45, 2.75) is 0 Å². The Balaban J connectivity index is -0.000000180. The van der Waals surface area contributed by atoms with Crippen molar-refractivity contribution in [1.82, 2.24) is 5.48 Å². The molecule has 0 aliphatic carbocycles. The van der Waals surface area contributed by atoms with Crippen molar-refractivity contribution in [3.63, 3.8) is 0 Å². The van der Waals surface area contributed by atoms with Crippen molar-refractivity contribution >= 4 is 7.82 Å². The van der Waals surface area contributed by atoms with E-state index >= 15 is 0 Å². The second-order valence-corrected chi connectivity index (χ2v) is 1.95. The van der Waals surface area contributed by atoms with E-state index in [1.165, 1.54) is 7.05 Å². The molecule has 0 spiro atoms.